The molecule has 1 saturated heterocycles. The fraction of sp³-hybridized carbons (Fsp3) is 0.467. The first-order valence-electron chi connectivity index (χ1n) is 6.72. The van der Waals surface area contributed by atoms with E-state index in [-0.39, 0.29) is 31.8 Å². The predicted molar refractivity (Wildman–Crippen MR) is 69.6 cm³/mol. The summed E-state index contributed by atoms with van der Waals surface area (Å²) in [6, 6.07) is 3.40. The molecule has 0 N–H and O–H groups in total. The molecule has 0 aliphatic carbocycles. The van der Waals surface area contributed by atoms with E-state index in [1.54, 1.807) is 6.92 Å². The summed E-state index contributed by atoms with van der Waals surface area (Å²) >= 11 is 0. The number of carbonyl (C=O) groups is 2. The molecule has 0 aromatic heterocycles. The lowest BCUT2D eigenvalue weighted by atomic mass is 9.76. The lowest BCUT2D eigenvalue weighted by Crippen LogP contribution is -2.50. The minimum atomic E-state index is -1.67. The van der Waals surface area contributed by atoms with Crippen molar-refractivity contribution in [3.8, 4) is 0 Å². The SMILES string of the molecule is CCOC(=O)C1(Cc2c(F)cccc2F)COCCC1=O. The molecule has 0 amide bonds. The smallest absolute Gasteiger partial charge is 0.322 e. The van der Waals surface area contributed by atoms with Gasteiger partial charge in [-0.05, 0) is 19.1 Å². The molecule has 1 aromatic carbocycles. The van der Waals surface area contributed by atoms with Gasteiger partial charge in [-0.2, -0.15) is 0 Å². The molecule has 1 fully saturated rings. The summed E-state index contributed by atoms with van der Waals surface area (Å²) in [4.78, 5) is 24.4. The van der Waals surface area contributed by atoms with Crippen molar-refractivity contribution in [2.75, 3.05) is 19.8 Å². The van der Waals surface area contributed by atoms with Crippen LogP contribution in [0, 0.1) is 17.0 Å². The van der Waals surface area contributed by atoms with Crippen molar-refractivity contribution in [3.63, 3.8) is 0 Å². The molecule has 1 aromatic rings. The largest absolute Gasteiger partial charge is 0.465 e. The second-order valence-electron chi connectivity index (χ2n) is 4.91. The zero-order chi connectivity index (χ0) is 15.5. The van der Waals surface area contributed by atoms with Crippen LogP contribution in [0.15, 0.2) is 18.2 Å². The van der Waals surface area contributed by atoms with Crippen LogP contribution in [-0.2, 0) is 25.5 Å². The summed E-state index contributed by atoms with van der Waals surface area (Å²) in [5, 5.41) is 0. The lowest BCUT2D eigenvalue weighted by molar-refractivity contribution is -0.169. The minimum Gasteiger partial charge on any atom is -0.465 e. The quantitative estimate of drug-likeness (QED) is 0.630. The molecule has 114 valence electrons. The van der Waals surface area contributed by atoms with Crippen LogP contribution >= 0.6 is 0 Å². The third-order valence-corrected chi connectivity index (χ3v) is 3.56. The maximum atomic E-state index is 13.8. The first-order valence-corrected chi connectivity index (χ1v) is 6.72. The summed E-state index contributed by atoms with van der Waals surface area (Å²) in [6.07, 6.45) is -0.377. The van der Waals surface area contributed by atoms with Gasteiger partial charge in [0.05, 0.1) is 19.8 Å². The van der Waals surface area contributed by atoms with Crippen molar-refractivity contribution in [1.82, 2.24) is 0 Å². The van der Waals surface area contributed by atoms with Crippen LogP contribution in [-0.4, -0.2) is 31.6 Å². The molecule has 4 nitrogen and oxygen atoms in total. The second-order valence-corrected chi connectivity index (χ2v) is 4.91. The first kappa shape index (κ1) is 15.6. The Morgan fingerprint density at radius 1 is 1.38 bits per heavy atom. The molecule has 0 radical (unpaired) electrons. The number of hydrogen-bond acceptors (Lipinski definition) is 4. The number of esters is 1. The molecule has 0 saturated carbocycles. The van der Waals surface area contributed by atoms with Gasteiger partial charge in [-0.15, -0.1) is 0 Å². The van der Waals surface area contributed by atoms with Crippen molar-refractivity contribution in [2.45, 2.75) is 19.8 Å². The van der Waals surface area contributed by atoms with Gasteiger partial charge in [0.15, 0.2) is 11.2 Å². The second kappa shape index (κ2) is 6.30. The Kier molecular flexibility index (Phi) is 4.67. The number of rotatable bonds is 4. The van der Waals surface area contributed by atoms with Crippen LogP contribution in [0.2, 0.25) is 0 Å². The van der Waals surface area contributed by atoms with Crippen LogP contribution < -0.4 is 0 Å². The number of halogens is 2. The van der Waals surface area contributed by atoms with Gasteiger partial charge in [0.1, 0.15) is 11.6 Å². The van der Waals surface area contributed by atoms with Crippen LogP contribution in [0.1, 0.15) is 18.9 Å². The van der Waals surface area contributed by atoms with E-state index in [1.165, 1.54) is 6.07 Å². The maximum Gasteiger partial charge on any atom is 0.322 e. The predicted octanol–water partition coefficient (Wildman–Crippen LogP) is 2.05. The number of ketones is 1. The van der Waals surface area contributed by atoms with Gasteiger partial charge >= 0.3 is 5.97 Å². The molecule has 1 aliphatic rings. The molecular weight excluding hydrogens is 282 g/mol. The molecule has 6 heteroatoms. The first-order chi connectivity index (χ1) is 10.0. The molecule has 0 spiro atoms. The average molecular weight is 298 g/mol. The van der Waals surface area contributed by atoms with E-state index in [0.29, 0.717) is 0 Å². The summed E-state index contributed by atoms with van der Waals surface area (Å²) in [6.45, 7) is 1.65. The minimum absolute atomic E-state index is 0.0227. The Morgan fingerprint density at radius 3 is 2.62 bits per heavy atom. The highest BCUT2D eigenvalue weighted by molar-refractivity contribution is 6.04. The highest BCUT2D eigenvalue weighted by Crippen LogP contribution is 2.33. The van der Waals surface area contributed by atoms with E-state index in [1.807, 2.05) is 0 Å². The van der Waals surface area contributed by atoms with Gasteiger partial charge in [-0.25, -0.2) is 8.78 Å². The summed E-state index contributed by atoms with van der Waals surface area (Å²) in [7, 11) is 0. The lowest BCUT2D eigenvalue weighted by Gasteiger charge is -2.33. The zero-order valence-electron chi connectivity index (χ0n) is 11.7. The van der Waals surface area contributed by atoms with E-state index in [4.69, 9.17) is 9.47 Å². The third-order valence-electron chi connectivity index (χ3n) is 3.56. The number of benzene rings is 1. The summed E-state index contributed by atoms with van der Waals surface area (Å²) < 4.78 is 37.7. The summed E-state index contributed by atoms with van der Waals surface area (Å²) in [5.41, 5.74) is -1.97. The molecule has 1 aliphatic heterocycles. The molecule has 1 atom stereocenters. The van der Waals surface area contributed by atoms with Crippen LogP contribution in [0.4, 0.5) is 8.78 Å². The number of carbonyl (C=O) groups excluding carboxylic acids is 2. The topological polar surface area (TPSA) is 52.6 Å². The molecular formula is C15H16F2O4. The van der Waals surface area contributed by atoms with Gasteiger partial charge < -0.3 is 9.47 Å². The van der Waals surface area contributed by atoms with E-state index in [0.717, 1.165) is 12.1 Å². The Balaban J connectivity index is 2.41. The highest BCUT2D eigenvalue weighted by Gasteiger charge is 2.49. The fourth-order valence-corrected chi connectivity index (χ4v) is 2.40. The Bertz CT molecular complexity index is 538. The van der Waals surface area contributed by atoms with E-state index >= 15 is 0 Å². The molecule has 2 rings (SSSR count). The Morgan fingerprint density at radius 2 is 2.05 bits per heavy atom. The number of hydrogen-bond donors (Lipinski definition) is 0. The van der Waals surface area contributed by atoms with Gasteiger partial charge in [-0.1, -0.05) is 6.07 Å². The van der Waals surface area contributed by atoms with Crippen molar-refractivity contribution in [3.05, 3.63) is 35.4 Å². The van der Waals surface area contributed by atoms with Gasteiger partial charge in [0.2, 0.25) is 0 Å². The van der Waals surface area contributed by atoms with E-state index < -0.39 is 35.2 Å². The Hall–Kier alpha value is -1.82. The van der Waals surface area contributed by atoms with E-state index in [2.05, 4.69) is 0 Å². The molecule has 1 unspecified atom stereocenters. The monoisotopic (exact) mass is 298 g/mol. The normalized spacial score (nSPS) is 22.1. The van der Waals surface area contributed by atoms with Crippen molar-refractivity contribution in [2.24, 2.45) is 5.41 Å². The fourth-order valence-electron chi connectivity index (χ4n) is 2.40. The van der Waals surface area contributed by atoms with Gasteiger partial charge in [-0.3, -0.25) is 9.59 Å². The zero-order valence-corrected chi connectivity index (χ0v) is 11.7. The van der Waals surface area contributed by atoms with E-state index in [9.17, 15) is 18.4 Å². The molecule has 21 heavy (non-hydrogen) atoms. The maximum absolute atomic E-state index is 13.8. The van der Waals surface area contributed by atoms with Crippen molar-refractivity contribution in [1.29, 1.82) is 0 Å². The van der Waals surface area contributed by atoms with Crippen molar-refractivity contribution < 1.29 is 27.8 Å². The van der Waals surface area contributed by atoms with Gasteiger partial charge in [0, 0.05) is 18.4 Å². The number of ether oxygens (including phenoxy) is 2. The molecule has 1 heterocycles. The number of Topliss-reactive ketones (excluding diaryl/α,β-unsaturated/α-hetero) is 1. The van der Waals surface area contributed by atoms with Crippen LogP contribution in [0.25, 0.3) is 0 Å². The third kappa shape index (κ3) is 2.95. The Labute approximate surface area is 121 Å². The standard InChI is InChI=1S/C15H16F2O4/c1-2-21-14(19)15(9-20-7-6-13(15)18)8-10-11(16)4-3-5-12(10)17/h3-5H,2,6-9H2,1H3. The average Bonchev–Trinajstić information content (AvgIpc) is 2.45. The van der Waals surface area contributed by atoms with Crippen LogP contribution in [0.3, 0.4) is 0 Å². The van der Waals surface area contributed by atoms with Crippen LogP contribution in [0.5, 0.6) is 0 Å². The summed E-state index contributed by atoms with van der Waals surface area (Å²) in [5.74, 6) is -2.79. The van der Waals surface area contributed by atoms with Crippen molar-refractivity contribution >= 4 is 11.8 Å². The van der Waals surface area contributed by atoms with Gasteiger partial charge in [0.25, 0.3) is 0 Å². The molecule has 0 bridgehead atoms. The highest BCUT2D eigenvalue weighted by atomic mass is 19.1.